The molecule has 0 fully saturated rings. The van der Waals surface area contributed by atoms with Crippen molar-refractivity contribution in [1.82, 2.24) is 10.2 Å². The molecule has 0 saturated heterocycles. The fraction of sp³-hybridized carbons (Fsp3) is 0.409. The Morgan fingerprint density at radius 2 is 1.92 bits per heavy atom. The summed E-state index contributed by atoms with van der Waals surface area (Å²) in [5, 5.41) is 3.28. The number of likely N-dealkylation sites (N-methyl/N-ethyl adjacent to an activating group) is 1. The number of amides is 1. The highest BCUT2D eigenvalue weighted by atomic mass is 16.2. The predicted molar refractivity (Wildman–Crippen MR) is 102 cm³/mol. The first kappa shape index (κ1) is 17.7. The fourth-order valence-electron chi connectivity index (χ4n) is 3.59. The van der Waals surface area contributed by atoms with E-state index in [1.54, 1.807) is 0 Å². The number of rotatable bonds is 5. The first-order valence-corrected chi connectivity index (χ1v) is 9.19. The van der Waals surface area contributed by atoms with Crippen molar-refractivity contribution in [2.75, 3.05) is 7.05 Å². The monoisotopic (exact) mass is 336 g/mol. The molecule has 2 aromatic carbocycles. The molecule has 0 spiro atoms. The van der Waals surface area contributed by atoms with Crippen LogP contribution in [0.1, 0.15) is 48.1 Å². The Balaban J connectivity index is 1.64. The summed E-state index contributed by atoms with van der Waals surface area (Å²) >= 11 is 0. The Morgan fingerprint density at radius 1 is 1.20 bits per heavy atom. The van der Waals surface area contributed by atoms with Gasteiger partial charge in [-0.05, 0) is 62.4 Å². The van der Waals surface area contributed by atoms with Crippen LogP contribution in [-0.2, 0) is 17.8 Å². The molecule has 2 atom stereocenters. The van der Waals surface area contributed by atoms with Crippen LogP contribution in [0.4, 0.5) is 0 Å². The number of benzene rings is 2. The molecule has 0 radical (unpaired) electrons. The van der Waals surface area contributed by atoms with Gasteiger partial charge in [-0.3, -0.25) is 9.69 Å². The van der Waals surface area contributed by atoms with E-state index in [2.05, 4.69) is 65.7 Å². The number of carbonyl (C=O) groups is 1. The van der Waals surface area contributed by atoms with Gasteiger partial charge >= 0.3 is 0 Å². The molecule has 2 aromatic rings. The second-order valence-corrected chi connectivity index (χ2v) is 7.17. The molecule has 3 nitrogen and oxygen atoms in total. The summed E-state index contributed by atoms with van der Waals surface area (Å²) < 4.78 is 0. The van der Waals surface area contributed by atoms with Gasteiger partial charge in [0.15, 0.2) is 0 Å². The van der Waals surface area contributed by atoms with Crippen molar-refractivity contribution < 1.29 is 4.79 Å². The molecule has 1 aliphatic carbocycles. The van der Waals surface area contributed by atoms with Crippen LogP contribution in [0.25, 0.3) is 0 Å². The van der Waals surface area contributed by atoms with Crippen LogP contribution in [0.15, 0.2) is 48.5 Å². The highest BCUT2D eigenvalue weighted by Crippen LogP contribution is 2.29. The first-order valence-electron chi connectivity index (χ1n) is 9.19. The number of hydrogen-bond donors (Lipinski definition) is 1. The second-order valence-electron chi connectivity index (χ2n) is 7.17. The number of carbonyl (C=O) groups excluding carboxylic acids is 1. The predicted octanol–water partition coefficient (Wildman–Crippen LogP) is 4.01. The van der Waals surface area contributed by atoms with Crippen LogP contribution in [0, 0.1) is 6.92 Å². The van der Waals surface area contributed by atoms with Gasteiger partial charge < -0.3 is 5.32 Å². The molecular formula is C22H28N2O. The molecule has 25 heavy (non-hydrogen) atoms. The molecule has 0 unspecified atom stereocenters. The van der Waals surface area contributed by atoms with Crippen LogP contribution < -0.4 is 5.32 Å². The van der Waals surface area contributed by atoms with Crippen molar-refractivity contribution in [3.05, 3.63) is 70.8 Å². The Hall–Kier alpha value is -2.13. The third-order valence-electron chi connectivity index (χ3n) is 5.41. The van der Waals surface area contributed by atoms with Gasteiger partial charge in [-0.1, -0.05) is 48.5 Å². The van der Waals surface area contributed by atoms with Gasteiger partial charge in [-0.25, -0.2) is 0 Å². The summed E-state index contributed by atoms with van der Waals surface area (Å²) in [5.74, 6) is 0.109. The van der Waals surface area contributed by atoms with Crippen LogP contribution in [0.5, 0.6) is 0 Å². The maximum absolute atomic E-state index is 12.8. The topological polar surface area (TPSA) is 32.3 Å². The highest BCUT2D eigenvalue weighted by Gasteiger charge is 2.25. The van der Waals surface area contributed by atoms with Gasteiger partial charge in [-0.15, -0.1) is 0 Å². The minimum Gasteiger partial charge on any atom is -0.348 e. The maximum atomic E-state index is 12.8. The van der Waals surface area contributed by atoms with Gasteiger partial charge in [0, 0.05) is 6.54 Å². The Morgan fingerprint density at radius 3 is 2.72 bits per heavy atom. The van der Waals surface area contributed by atoms with Crippen LogP contribution in [0.2, 0.25) is 0 Å². The fourth-order valence-corrected chi connectivity index (χ4v) is 3.59. The van der Waals surface area contributed by atoms with E-state index in [1.807, 2.05) is 14.0 Å². The molecule has 0 aromatic heterocycles. The summed E-state index contributed by atoms with van der Waals surface area (Å²) in [4.78, 5) is 14.9. The molecule has 0 heterocycles. The average molecular weight is 336 g/mol. The van der Waals surface area contributed by atoms with Gasteiger partial charge in [0.1, 0.15) is 0 Å². The van der Waals surface area contributed by atoms with Crippen LogP contribution in [0.3, 0.4) is 0 Å². The van der Waals surface area contributed by atoms with Crippen molar-refractivity contribution in [2.24, 2.45) is 0 Å². The van der Waals surface area contributed by atoms with Gasteiger partial charge in [0.25, 0.3) is 0 Å². The quantitative estimate of drug-likeness (QED) is 0.895. The minimum atomic E-state index is -0.159. The molecule has 1 N–H and O–H groups in total. The number of nitrogens with zero attached hydrogens (tertiary/aromatic N) is 1. The highest BCUT2D eigenvalue weighted by molar-refractivity contribution is 5.81. The molecule has 0 aliphatic heterocycles. The molecule has 1 aliphatic rings. The molecule has 3 heteroatoms. The number of fused-ring (bicyclic) bond motifs is 1. The van der Waals surface area contributed by atoms with E-state index in [1.165, 1.54) is 22.3 Å². The van der Waals surface area contributed by atoms with E-state index in [4.69, 9.17) is 0 Å². The number of aryl methyl sites for hydroxylation is 2. The van der Waals surface area contributed by atoms with Crippen LogP contribution >= 0.6 is 0 Å². The zero-order valence-electron chi connectivity index (χ0n) is 15.5. The lowest BCUT2D eigenvalue weighted by Gasteiger charge is -2.30. The Bertz CT molecular complexity index is 740. The van der Waals surface area contributed by atoms with Crippen LogP contribution in [-0.4, -0.2) is 23.9 Å². The van der Waals surface area contributed by atoms with E-state index in [-0.39, 0.29) is 18.0 Å². The molecule has 1 amide bonds. The molecule has 0 bridgehead atoms. The molecule has 3 rings (SSSR count). The van der Waals surface area contributed by atoms with Gasteiger partial charge in [0.05, 0.1) is 12.1 Å². The summed E-state index contributed by atoms with van der Waals surface area (Å²) in [7, 11) is 2.02. The zero-order chi connectivity index (χ0) is 17.8. The first-order chi connectivity index (χ1) is 12.1. The summed E-state index contributed by atoms with van der Waals surface area (Å²) in [5.41, 5.74) is 5.20. The normalized spacial score (nSPS) is 17.8. The standard InChI is InChI=1S/C22H28N2O/c1-16-9-4-5-11-19(16)15-24(3)17(2)22(25)23-21-14-8-12-18-10-6-7-13-20(18)21/h4-7,9-11,13,17,21H,8,12,14-15H2,1-3H3,(H,23,25)/t17-,21-/m1/s1. The summed E-state index contributed by atoms with van der Waals surface area (Å²) in [6.07, 6.45) is 3.28. The Kier molecular flexibility index (Phi) is 5.54. The van der Waals surface area contributed by atoms with Crippen molar-refractivity contribution in [2.45, 2.75) is 51.7 Å². The second kappa shape index (κ2) is 7.83. The van der Waals surface area contributed by atoms with Crippen molar-refractivity contribution in [3.8, 4) is 0 Å². The largest absolute Gasteiger partial charge is 0.348 e. The van der Waals surface area contributed by atoms with Gasteiger partial charge in [0.2, 0.25) is 5.91 Å². The van der Waals surface area contributed by atoms with Crippen molar-refractivity contribution >= 4 is 5.91 Å². The number of hydrogen-bond acceptors (Lipinski definition) is 2. The lowest BCUT2D eigenvalue weighted by molar-refractivity contribution is -0.126. The molecule has 0 saturated carbocycles. The lowest BCUT2D eigenvalue weighted by Crippen LogP contribution is -2.44. The van der Waals surface area contributed by atoms with Crippen molar-refractivity contribution in [3.63, 3.8) is 0 Å². The average Bonchev–Trinajstić information content (AvgIpc) is 2.63. The summed E-state index contributed by atoms with van der Waals surface area (Å²) in [6.45, 7) is 4.89. The maximum Gasteiger partial charge on any atom is 0.237 e. The smallest absolute Gasteiger partial charge is 0.237 e. The SMILES string of the molecule is Cc1ccccc1CN(C)[C@H](C)C(=O)N[C@@H]1CCCc2ccccc21. The van der Waals surface area contributed by atoms with E-state index in [9.17, 15) is 4.79 Å². The molecular weight excluding hydrogens is 308 g/mol. The Labute approximate surface area is 151 Å². The summed E-state index contributed by atoms with van der Waals surface area (Å²) in [6, 6.07) is 16.8. The van der Waals surface area contributed by atoms with E-state index in [0.717, 1.165) is 25.8 Å². The number of nitrogens with one attached hydrogen (secondary N) is 1. The van der Waals surface area contributed by atoms with Crippen molar-refractivity contribution in [1.29, 1.82) is 0 Å². The van der Waals surface area contributed by atoms with E-state index < -0.39 is 0 Å². The van der Waals surface area contributed by atoms with E-state index in [0.29, 0.717) is 0 Å². The zero-order valence-corrected chi connectivity index (χ0v) is 15.5. The lowest BCUT2D eigenvalue weighted by atomic mass is 9.87. The third-order valence-corrected chi connectivity index (χ3v) is 5.41. The van der Waals surface area contributed by atoms with Gasteiger partial charge in [-0.2, -0.15) is 0 Å². The third kappa shape index (κ3) is 4.10. The van der Waals surface area contributed by atoms with E-state index >= 15 is 0 Å². The molecule has 132 valence electrons. The minimum absolute atomic E-state index is 0.109.